The highest BCUT2D eigenvalue weighted by molar-refractivity contribution is 5.92. The van der Waals surface area contributed by atoms with Gasteiger partial charge in [0, 0.05) is 12.6 Å². The van der Waals surface area contributed by atoms with E-state index in [1.165, 1.54) is 24.5 Å². The molecule has 1 heterocycles. The summed E-state index contributed by atoms with van der Waals surface area (Å²) in [6.45, 7) is 4.60. The number of hydrogen-bond donors (Lipinski definition) is 2. The molecule has 0 radical (unpaired) electrons. The van der Waals surface area contributed by atoms with Gasteiger partial charge < -0.3 is 10.6 Å². The molecule has 6 heteroatoms. The SMILES string of the molecule is CCC(C)NC(=O)c1cnc(NCCc2ccc(F)cc2)cn1. The lowest BCUT2D eigenvalue weighted by molar-refractivity contribution is 0.0934. The molecule has 1 amide bonds. The normalized spacial score (nSPS) is 11.8. The average molecular weight is 316 g/mol. The van der Waals surface area contributed by atoms with Crippen LogP contribution in [0.2, 0.25) is 0 Å². The van der Waals surface area contributed by atoms with Gasteiger partial charge in [-0.2, -0.15) is 0 Å². The van der Waals surface area contributed by atoms with Gasteiger partial charge in [-0.3, -0.25) is 4.79 Å². The third-order valence-corrected chi connectivity index (χ3v) is 3.51. The Morgan fingerprint density at radius 3 is 2.57 bits per heavy atom. The second-order valence-corrected chi connectivity index (χ2v) is 5.37. The number of rotatable bonds is 7. The van der Waals surface area contributed by atoms with Crippen LogP contribution in [0.3, 0.4) is 0 Å². The maximum Gasteiger partial charge on any atom is 0.271 e. The fourth-order valence-corrected chi connectivity index (χ4v) is 1.92. The first-order valence-corrected chi connectivity index (χ1v) is 7.69. The number of carbonyl (C=O) groups is 1. The molecule has 0 aliphatic carbocycles. The number of benzene rings is 1. The first-order valence-electron chi connectivity index (χ1n) is 7.69. The highest BCUT2D eigenvalue weighted by atomic mass is 19.1. The minimum absolute atomic E-state index is 0.109. The molecular formula is C17H21FN4O. The van der Waals surface area contributed by atoms with E-state index in [2.05, 4.69) is 20.6 Å². The summed E-state index contributed by atoms with van der Waals surface area (Å²) in [5, 5.41) is 5.97. The fraction of sp³-hybridized carbons (Fsp3) is 0.353. The summed E-state index contributed by atoms with van der Waals surface area (Å²) in [4.78, 5) is 20.2. The van der Waals surface area contributed by atoms with Gasteiger partial charge in [0.2, 0.25) is 0 Å². The van der Waals surface area contributed by atoms with Crippen LogP contribution in [0.5, 0.6) is 0 Å². The predicted molar refractivity (Wildman–Crippen MR) is 87.8 cm³/mol. The molecule has 0 bridgehead atoms. The van der Waals surface area contributed by atoms with Crippen LogP contribution in [0, 0.1) is 5.82 Å². The van der Waals surface area contributed by atoms with E-state index in [-0.39, 0.29) is 17.8 Å². The van der Waals surface area contributed by atoms with Gasteiger partial charge in [-0.25, -0.2) is 14.4 Å². The zero-order chi connectivity index (χ0) is 16.7. The standard InChI is InChI=1S/C17H21FN4O/c1-3-12(2)22-17(23)15-10-21-16(11-20-15)19-9-8-13-4-6-14(18)7-5-13/h4-7,10-12H,3,8-9H2,1-2H3,(H,19,21)(H,22,23). The van der Waals surface area contributed by atoms with E-state index in [0.29, 0.717) is 18.1 Å². The fourth-order valence-electron chi connectivity index (χ4n) is 1.92. The minimum atomic E-state index is -0.237. The van der Waals surface area contributed by atoms with Crippen LogP contribution >= 0.6 is 0 Å². The topological polar surface area (TPSA) is 66.9 Å². The first-order chi connectivity index (χ1) is 11.1. The molecule has 1 atom stereocenters. The van der Waals surface area contributed by atoms with Gasteiger partial charge in [0.05, 0.1) is 12.4 Å². The molecule has 1 aromatic carbocycles. The Kier molecular flexibility index (Phi) is 6.02. The van der Waals surface area contributed by atoms with Crippen molar-refractivity contribution in [3.05, 3.63) is 53.7 Å². The Hall–Kier alpha value is -2.50. The number of aromatic nitrogens is 2. The van der Waals surface area contributed by atoms with Crippen molar-refractivity contribution in [2.45, 2.75) is 32.7 Å². The van der Waals surface area contributed by atoms with Crippen molar-refractivity contribution in [1.29, 1.82) is 0 Å². The molecule has 23 heavy (non-hydrogen) atoms. The van der Waals surface area contributed by atoms with Crippen molar-refractivity contribution in [2.75, 3.05) is 11.9 Å². The first kappa shape index (κ1) is 16.9. The number of hydrogen-bond acceptors (Lipinski definition) is 4. The molecule has 0 aliphatic heterocycles. The summed E-state index contributed by atoms with van der Waals surface area (Å²) in [6.07, 6.45) is 4.61. The van der Waals surface area contributed by atoms with Crippen LogP contribution in [-0.4, -0.2) is 28.5 Å². The smallest absolute Gasteiger partial charge is 0.271 e. The number of carbonyl (C=O) groups excluding carboxylic acids is 1. The number of nitrogens with one attached hydrogen (secondary N) is 2. The summed E-state index contributed by atoms with van der Waals surface area (Å²) >= 11 is 0. The van der Waals surface area contributed by atoms with Crippen molar-refractivity contribution < 1.29 is 9.18 Å². The molecule has 1 aromatic heterocycles. The van der Waals surface area contributed by atoms with Crippen molar-refractivity contribution in [3.8, 4) is 0 Å². The average Bonchev–Trinajstić information content (AvgIpc) is 2.57. The molecular weight excluding hydrogens is 295 g/mol. The van der Waals surface area contributed by atoms with E-state index in [0.717, 1.165) is 18.4 Å². The quantitative estimate of drug-likeness (QED) is 0.824. The highest BCUT2D eigenvalue weighted by Crippen LogP contribution is 2.05. The molecule has 0 saturated carbocycles. The lowest BCUT2D eigenvalue weighted by Gasteiger charge is -2.11. The van der Waals surface area contributed by atoms with Crippen molar-refractivity contribution in [1.82, 2.24) is 15.3 Å². The predicted octanol–water partition coefficient (Wildman–Crippen LogP) is 2.80. The summed E-state index contributed by atoms with van der Waals surface area (Å²) in [7, 11) is 0. The molecule has 0 aliphatic rings. The molecule has 1 unspecified atom stereocenters. The lowest BCUT2D eigenvalue weighted by Crippen LogP contribution is -2.32. The van der Waals surface area contributed by atoms with Crippen molar-refractivity contribution >= 4 is 11.7 Å². The van der Waals surface area contributed by atoms with Crippen LogP contribution in [-0.2, 0) is 6.42 Å². The molecule has 122 valence electrons. The second kappa shape index (κ2) is 8.22. The third kappa shape index (κ3) is 5.32. The maximum absolute atomic E-state index is 12.8. The summed E-state index contributed by atoms with van der Waals surface area (Å²) in [5.74, 6) is 0.149. The molecule has 2 rings (SSSR count). The number of anilines is 1. The zero-order valence-electron chi connectivity index (χ0n) is 13.3. The van der Waals surface area contributed by atoms with E-state index in [1.54, 1.807) is 12.1 Å². The molecule has 2 N–H and O–H groups in total. The summed E-state index contributed by atoms with van der Waals surface area (Å²) in [5.41, 5.74) is 1.34. The highest BCUT2D eigenvalue weighted by Gasteiger charge is 2.10. The van der Waals surface area contributed by atoms with Gasteiger partial charge in [-0.15, -0.1) is 0 Å². The summed E-state index contributed by atoms with van der Waals surface area (Å²) < 4.78 is 12.8. The van der Waals surface area contributed by atoms with Gasteiger partial charge in [-0.05, 0) is 37.5 Å². The Labute approximate surface area is 135 Å². The molecule has 0 saturated heterocycles. The monoisotopic (exact) mass is 316 g/mol. The minimum Gasteiger partial charge on any atom is -0.368 e. The van der Waals surface area contributed by atoms with Gasteiger partial charge in [0.15, 0.2) is 0 Å². The Bertz CT molecular complexity index is 628. The largest absolute Gasteiger partial charge is 0.368 e. The van der Waals surface area contributed by atoms with Gasteiger partial charge >= 0.3 is 0 Å². The molecule has 0 spiro atoms. The van der Waals surface area contributed by atoms with E-state index < -0.39 is 0 Å². The zero-order valence-corrected chi connectivity index (χ0v) is 13.3. The number of nitrogens with zero attached hydrogens (tertiary/aromatic N) is 2. The second-order valence-electron chi connectivity index (χ2n) is 5.37. The summed E-state index contributed by atoms with van der Waals surface area (Å²) in [6, 6.07) is 6.51. The molecule has 0 fully saturated rings. The van der Waals surface area contributed by atoms with Crippen molar-refractivity contribution in [2.24, 2.45) is 0 Å². The Balaban J connectivity index is 1.82. The Morgan fingerprint density at radius 1 is 1.22 bits per heavy atom. The Morgan fingerprint density at radius 2 is 1.96 bits per heavy atom. The van der Waals surface area contributed by atoms with Crippen LogP contribution in [0.15, 0.2) is 36.7 Å². The number of halogens is 1. The van der Waals surface area contributed by atoms with E-state index in [4.69, 9.17) is 0 Å². The third-order valence-electron chi connectivity index (χ3n) is 3.51. The van der Waals surface area contributed by atoms with Crippen LogP contribution in [0.25, 0.3) is 0 Å². The lowest BCUT2D eigenvalue weighted by atomic mass is 10.1. The van der Waals surface area contributed by atoms with Gasteiger partial charge in [0.25, 0.3) is 5.91 Å². The molecule has 2 aromatic rings. The van der Waals surface area contributed by atoms with Gasteiger partial charge in [0.1, 0.15) is 17.3 Å². The van der Waals surface area contributed by atoms with Crippen molar-refractivity contribution in [3.63, 3.8) is 0 Å². The van der Waals surface area contributed by atoms with Crippen LogP contribution in [0.1, 0.15) is 36.3 Å². The van der Waals surface area contributed by atoms with Crippen LogP contribution < -0.4 is 10.6 Å². The maximum atomic E-state index is 12.8. The van der Waals surface area contributed by atoms with Crippen LogP contribution in [0.4, 0.5) is 10.2 Å². The van der Waals surface area contributed by atoms with E-state index in [1.807, 2.05) is 13.8 Å². The molecule has 5 nitrogen and oxygen atoms in total. The van der Waals surface area contributed by atoms with E-state index >= 15 is 0 Å². The van der Waals surface area contributed by atoms with E-state index in [9.17, 15) is 9.18 Å². The number of amides is 1. The van der Waals surface area contributed by atoms with Gasteiger partial charge in [-0.1, -0.05) is 19.1 Å².